The van der Waals surface area contributed by atoms with Crippen molar-refractivity contribution in [1.29, 1.82) is 0 Å². The maximum absolute atomic E-state index is 2.47. The molecule has 2 heteroatoms. The lowest BCUT2D eigenvalue weighted by atomic mass is 9.67. The summed E-state index contributed by atoms with van der Waals surface area (Å²) in [7, 11) is 0. The van der Waals surface area contributed by atoms with Gasteiger partial charge in [0.25, 0.3) is 0 Å². The molecule has 12 aromatic rings. The van der Waals surface area contributed by atoms with Crippen LogP contribution in [0, 0.1) is 0 Å². The number of thiophene rings is 1. The van der Waals surface area contributed by atoms with Crippen LogP contribution in [0.1, 0.15) is 44.5 Å². The largest absolute Gasteiger partial charge is 0.310 e. The van der Waals surface area contributed by atoms with Gasteiger partial charge >= 0.3 is 0 Å². The topological polar surface area (TPSA) is 3.24 Å². The highest BCUT2D eigenvalue weighted by Crippen LogP contribution is 2.59. The lowest BCUT2D eigenvalue weighted by molar-refractivity contribution is 0.768. The Morgan fingerprint density at radius 2 is 0.657 bits per heavy atom. The van der Waals surface area contributed by atoms with E-state index in [1.807, 2.05) is 11.3 Å². The fourth-order valence-electron chi connectivity index (χ4n) is 12.3. The van der Waals surface area contributed by atoms with Crippen molar-refractivity contribution in [3.05, 3.63) is 317 Å². The Bertz CT molecular complexity index is 3840. The molecule has 2 aliphatic carbocycles. The number of fused-ring (bicyclic) bond motifs is 9. The van der Waals surface area contributed by atoms with E-state index in [-0.39, 0.29) is 0 Å². The van der Waals surface area contributed by atoms with Crippen molar-refractivity contribution in [3.8, 4) is 33.4 Å². The Hall–Kier alpha value is -8.56. The zero-order valence-electron chi connectivity index (χ0n) is 38.3. The molecule has 0 radical (unpaired) electrons. The van der Waals surface area contributed by atoms with E-state index in [1.54, 1.807) is 0 Å². The van der Waals surface area contributed by atoms with Gasteiger partial charge in [0.1, 0.15) is 0 Å². The van der Waals surface area contributed by atoms with Gasteiger partial charge in [-0.2, -0.15) is 0 Å². The van der Waals surface area contributed by atoms with E-state index in [4.69, 9.17) is 0 Å². The highest BCUT2D eigenvalue weighted by molar-refractivity contribution is 7.25. The van der Waals surface area contributed by atoms with E-state index in [1.165, 1.54) is 98.1 Å². The van der Waals surface area contributed by atoms with Crippen molar-refractivity contribution < 1.29 is 0 Å². The van der Waals surface area contributed by atoms with Crippen LogP contribution in [0.5, 0.6) is 0 Å². The van der Waals surface area contributed by atoms with Crippen molar-refractivity contribution in [3.63, 3.8) is 0 Å². The van der Waals surface area contributed by atoms with Crippen LogP contribution in [-0.4, -0.2) is 0 Å². The van der Waals surface area contributed by atoms with E-state index in [2.05, 4.69) is 278 Å². The van der Waals surface area contributed by atoms with Crippen LogP contribution in [0.15, 0.2) is 273 Å². The Balaban J connectivity index is 0.967. The highest BCUT2D eigenvalue weighted by Gasteiger charge is 2.47. The van der Waals surface area contributed by atoms with E-state index in [0.29, 0.717) is 0 Å². The van der Waals surface area contributed by atoms with Crippen molar-refractivity contribution >= 4 is 48.6 Å². The third-order valence-electron chi connectivity index (χ3n) is 15.3. The van der Waals surface area contributed by atoms with Crippen LogP contribution in [0.3, 0.4) is 0 Å². The van der Waals surface area contributed by atoms with Crippen molar-refractivity contribution in [1.82, 2.24) is 0 Å². The summed E-state index contributed by atoms with van der Waals surface area (Å²) in [5.74, 6) is 0. The number of benzene rings is 11. The van der Waals surface area contributed by atoms with Crippen molar-refractivity contribution in [2.24, 2.45) is 0 Å². The number of hydrogen-bond donors (Lipinski definition) is 0. The highest BCUT2D eigenvalue weighted by atomic mass is 32.1. The molecule has 1 nitrogen and oxygen atoms in total. The Kier molecular flexibility index (Phi) is 9.27. The van der Waals surface area contributed by atoms with Gasteiger partial charge in [0.2, 0.25) is 0 Å². The second-order valence-electron chi connectivity index (χ2n) is 18.7. The monoisotopic (exact) mass is 907 g/mol. The van der Waals surface area contributed by atoms with E-state index >= 15 is 0 Å². The molecule has 0 atom stereocenters. The average Bonchev–Trinajstić information content (AvgIpc) is 4.07. The molecule has 0 N–H and O–H groups in total. The van der Waals surface area contributed by atoms with Crippen LogP contribution < -0.4 is 4.90 Å². The molecule has 0 spiro atoms. The fraction of sp³-hybridized carbons (Fsp3) is 0.0294. The number of hydrogen-bond acceptors (Lipinski definition) is 2. The lowest BCUT2D eigenvalue weighted by Crippen LogP contribution is -2.29. The molecular weight excluding hydrogens is 863 g/mol. The van der Waals surface area contributed by atoms with Crippen LogP contribution in [0.4, 0.5) is 17.1 Å². The molecule has 70 heavy (non-hydrogen) atoms. The van der Waals surface area contributed by atoms with Gasteiger partial charge in [-0.15, -0.1) is 11.3 Å². The zero-order valence-corrected chi connectivity index (χ0v) is 39.2. The first kappa shape index (κ1) is 40.5. The first-order valence-electron chi connectivity index (χ1n) is 24.2. The zero-order chi connectivity index (χ0) is 46.2. The molecule has 1 aromatic heterocycles. The van der Waals surface area contributed by atoms with Gasteiger partial charge < -0.3 is 4.90 Å². The Morgan fingerprint density at radius 3 is 1.21 bits per heavy atom. The van der Waals surface area contributed by atoms with Gasteiger partial charge in [-0.1, -0.05) is 218 Å². The van der Waals surface area contributed by atoms with Gasteiger partial charge in [0.15, 0.2) is 0 Å². The van der Waals surface area contributed by atoms with Gasteiger partial charge in [0, 0.05) is 37.2 Å². The molecule has 0 unspecified atom stereocenters. The second kappa shape index (κ2) is 16.0. The van der Waals surface area contributed by atoms with E-state index in [0.717, 1.165) is 17.1 Å². The summed E-state index contributed by atoms with van der Waals surface area (Å²) in [5, 5.41) is 2.62. The first-order valence-corrected chi connectivity index (χ1v) is 25.1. The first-order chi connectivity index (χ1) is 34.7. The van der Waals surface area contributed by atoms with Crippen LogP contribution in [-0.2, 0) is 10.8 Å². The Morgan fingerprint density at radius 1 is 0.257 bits per heavy atom. The Labute approximate surface area is 412 Å². The SMILES string of the molecule is c1ccc(C2(c3ccc(N(c4ccc(-c5ccc6sc7ccccc7c6c5)cc4)c4ccc5c(c4)C(c4ccccc4)(c4ccccc4)c4ccccc4-5)cc3)c3ccccc3-c3ccccc32)cc1. The molecule has 2 aliphatic rings. The fourth-order valence-corrected chi connectivity index (χ4v) is 13.4. The predicted molar refractivity (Wildman–Crippen MR) is 294 cm³/mol. The molecule has 0 bridgehead atoms. The smallest absolute Gasteiger partial charge is 0.0714 e. The van der Waals surface area contributed by atoms with Gasteiger partial charge in [-0.05, 0) is 132 Å². The van der Waals surface area contributed by atoms with Gasteiger partial charge in [-0.25, -0.2) is 0 Å². The second-order valence-corrected chi connectivity index (χ2v) is 19.8. The normalized spacial score (nSPS) is 13.7. The van der Waals surface area contributed by atoms with Gasteiger partial charge in [0.05, 0.1) is 10.8 Å². The van der Waals surface area contributed by atoms with Gasteiger partial charge in [-0.3, -0.25) is 0 Å². The molecule has 1 heterocycles. The summed E-state index contributed by atoms with van der Waals surface area (Å²) in [5.41, 5.74) is 20.0. The minimum absolute atomic E-state index is 0.487. The quantitative estimate of drug-likeness (QED) is 0.147. The van der Waals surface area contributed by atoms with Crippen LogP contribution in [0.25, 0.3) is 53.6 Å². The molecule has 0 amide bonds. The van der Waals surface area contributed by atoms with Crippen molar-refractivity contribution in [2.45, 2.75) is 10.8 Å². The molecule has 0 saturated heterocycles. The summed E-state index contributed by atoms with van der Waals surface area (Å²) < 4.78 is 2.64. The molecule has 11 aromatic carbocycles. The summed E-state index contributed by atoms with van der Waals surface area (Å²) >= 11 is 1.86. The minimum atomic E-state index is -0.528. The molecule has 0 fully saturated rings. The minimum Gasteiger partial charge on any atom is -0.310 e. The third-order valence-corrected chi connectivity index (χ3v) is 16.4. The summed E-state index contributed by atoms with van der Waals surface area (Å²) in [4.78, 5) is 2.46. The van der Waals surface area contributed by atoms with Crippen molar-refractivity contribution in [2.75, 3.05) is 4.90 Å². The molecule has 14 rings (SSSR count). The summed E-state index contributed by atoms with van der Waals surface area (Å²) in [6, 6.07) is 102. The molecular formula is C68H45NS. The number of anilines is 3. The summed E-state index contributed by atoms with van der Waals surface area (Å²) in [6.45, 7) is 0. The number of nitrogens with zero attached hydrogens (tertiary/aromatic N) is 1. The molecule has 0 saturated carbocycles. The predicted octanol–water partition coefficient (Wildman–Crippen LogP) is 17.9. The maximum atomic E-state index is 2.47. The van der Waals surface area contributed by atoms with Crippen LogP contribution in [0.2, 0.25) is 0 Å². The molecule has 0 aliphatic heterocycles. The average molecular weight is 908 g/mol. The van der Waals surface area contributed by atoms with E-state index in [9.17, 15) is 0 Å². The molecule has 328 valence electrons. The lowest BCUT2D eigenvalue weighted by Gasteiger charge is -2.35. The third kappa shape index (κ3) is 5.90. The maximum Gasteiger partial charge on any atom is 0.0714 e. The van der Waals surface area contributed by atoms with Crippen LogP contribution >= 0.6 is 11.3 Å². The number of rotatable bonds is 8. The van der Waals surface area contributed by atoms with E-state index < -0.39 is 10.8 Å². The standard InChI is InChI=1S/C68H45NS/c1-4-18-48(19-5-1)67(61-28-14-10-24-55(61)56-25-11-15-29-62(56)67)51-35-39-53(40-36-51)69(52-37-32-46(33-38-52)47-34-43-66-60(44-47)59-27-13-17-31-65(59)70-66)54-41-42-58-57-26-12-16-30-63(57)68(64(58)45-54,49-20-6-2-7-21-49)50-22-8-3-9-23-50/h1-45H. The summed E-state index contributed by atoms with van der Waals surface area (Å²) in [6.07, 6.45) is 0.